The van der Waals surface area contributed by atoms with E-state index in [2.05, 4.69) is 256 Å². The van der Waals surface area contributed by atoms with Gasteiger partial charge in [0.25, 0.3) is 0 Å². The van der Waals surface area contributed by atoms with Crippen molar-refractivity contribution in [2.24, 2.45) is 0 Å². The van der Waals surface area contributed by atoms with E-state index in [9.17, 15) is 0 Å². The maximum absolute atomic E-state index is 6.98. The Morgan fingerprint density at radius 2 is 0.787 bits per heavy atom. The van der Waals surface area contributed by atoms with Crippen molar-refractivity contribution in [3.8, 4) is 68.9 Å². The van der Waals surface area contributed by atoms with Crippen LogP contribution in [0.1, 0.15) is 126 Å². The van der Waals surface area contributed by atoms with Gasteiger partial charge in [0.2, 0.25) is 0 Å². The molecule has 0 spiro atoms. The van der Waals surface area contributed by atoms with Crippen LogP contribution in [-0.2, 0) is 25.1 Å². The molecule has 0 radical (unpaired) electrons. The van der Waals surface area contributed by atoms with Gasteiger partial charge in [-0.25, -0.2) is 29.9 Å². The van der Waals surface area contributed by atoms with Gasteiger partial charge in [-0.15, -0.1) is 5.54 Å². The lowest BCUT2D eigenvalue weighted by molar-refractivity contribution is 0.308. The van der Waals surface area contributed by atoms with Crippen molar-refractivity contribution in [2.45, 2.75) is 176 Å². The third kappa shape index (κ3) is 12.0. The Morgan fingerprint density at radius 1 is 0.412 bits per heavy atom. The fourth-order valence-corrected chi connectivity index (χ4v) is 11.4. The van der Waals surface area contributed by atoms with Crippen molar-refractivity contribution in [1.82, 2.24) is 39.9 Å². The van der Waals surface area contributed by atoms with E-state index in [0.717, 1.165) is 66.1 Å². The standard InChI is InChI=1S/C67H84N8O2Si3/c1-63(2,3)44-26-30-48-52(36-44)60-71-57(48)69-58-50-32-28-46(65(7,8)9)38-54(50)62(73-58)75-61-53-37-45(64(4,5)6)27-31-49(53)56(72-61)68-55-47-29-24-41(35-51(47)59(70-55)74-60)23-25-42(39-76-79(19,20)66(10,11)12)43(33-34-78(16,17)18)40-77-80(21,22)67(13,14)15/h24,26-32,35-38H,39-40H2,1-22H3,(H2,68,69,70,71,72,73,74,75)/b43-42+. The molecule has 0 atom stereocenters. The Hall–Kier alpha value is -6.33. The lowest BCUT2D eigenvalue weighted by Gasteiger charge is -2.37. The summed E-state index contributed by atoms with van der Waals surface area (Å²) < 4.78 is 13.9. The second-order valence-electron chi connectivity index (χ2n) is 29.2. The molecule has 2 N–H and O–H groups in total. The Labute approximate surface area is 479 Å². The summed E-state index contributed by atoms with van der Waals surface area (Å²) in [6, 6.07) is 25.9. The number of H-pyrrole nitrogens is 2. The van der Waals surface area contributed by atoms with Crippen molar-refractivity contribution >= 4 is 68.8 Å². The lowest BCUT2D eigenvalue weighted by atomic mass is 9.85. The number of hydrogen-bond donors (Lipinski definition) is 2. The minimum atomic E-state index is -2.21. The molecule has 0 aliphatic carbocycles. The number of nitrogens with one attached hydrogen (secondary N) is 2. The Kier molecular flexibility index (Phi) is 14.8. The summed E-state index contributed by atoms with van der Waals surface area (Å²) in [4.78, 5) is 39.6. The number of hydrogen-bond acceptors (Lipinski definition) is 8. The van der Waals surface area contributed by atoms with E-state index in [1.54, 1.807) is 0 Å². The summed E-state index contributed by atoms with van der Waals surface area (Å²) in [6.07, 6.45) is 0. The van der Waals surface area contributed by atoms with Gasteiger partial charge in [-0.1, -0.05) is 178 Å². The van der Waals surface area contributed by atoms with Gasteiger partial charge in [-0.2, -0.15) is 0 Å². The van der Waals surface area contributed by atoms with Crippen LogP contribution in [0, 0.1) is 23.3 Å². The monoisotopic (exact) mass is 1120 g/mol. The van der Waals surface area contributed by atoms with Gasteiger partial charge in [0.1, 0.15) is 30.7 Å². The molecule has 5 heterocycles. The topological polar surface area (TPSA) is 127 Å². The first-order valence-corrected chi connectivity index (χ1v) is 37.6. The highest BCUT2D eigenvalue weighted by Gasteiger charge is 2.39. The van der Waals surface area contributed by atoms with Crippen LogP contribution in [-0.4, -0.2) is 77.8 Å². The Bertz CT molecular complexity index is 3980. The van der Waals surface area contributed by atoms with E-state index in [1.807, 2.05) is 0 Å². The zero-order valence-electron chi connectivity index (χ0n) is 51.8. The minimum Gasteiger partial charge on any atom is -0.412 e. The molecule has 2 aliphatic rings. The average Bonchev–Trinajstić information content (AvgIpc) is 4.10. The highest BCUT2D eigenvalue weighted by molar-refractivity contribution is 6.84. The summed E-state index contributed by atoms with van der Waals surface area (Å²) in [7, 11) is -6.17. The Balaban J connectivity index is 1.33. The molecule has 0 unspecified atom stereocenters. The number of fused-ring (bicyclic) bond motifs is 20. The molecule has 3 aromatic heterocycles. The van der Waals surface area contributed by atoms with Crippen molar-refractivity contribution in [3.63, 3.8) is 0 Å². The van der Waals surface area contributed by atoms with E-state index < -0.39 is 24.7 Å². The van der Waals surface area contributed by atoms with Crippen LogP contribution in [0.3, 0.4) is 0 Å². The summed E-state index contributed by atoms with van der Waals surface area (Å²) in [6.45, 7) is 50.4. The predicted molar refractivity (Wildman–Crippen MR) is 343 cm³/mol. The predicted octanol–water partition coefficient (Wildman–Crippen LogP) is 17.3. The molecule has 0 saturated carbocycles. The molecule has 8 bridgehead atoms. The van der Waals surface area contributed by atoms with E-state index in [0.29, 0.717) is 59.1 Å². The summed E-state index contributed by atoms with van der Waals surface area (Å²) >= 11 is 0. The fourth-order valence-electron chi connectivity index (χ4n) is 9.02. The summed E-state index contributed by atoms with van der Waals surface area (Å²) in [5.41, 5.74) is 15.5. The van der Waals surface area contributed by atoms with E-state index in [1.165, 1.54) is 11.1 Å². The second-order valence-corrected chi connectivity index (χ2v) is 43.6. The SMILES string of the molecule is CC(C)(C)c1ccc2c(c1)-c1nc3nc(nc4[nH]c(nc5[nH]c(nc-2n1)c1ccc(C(C)(C)C)cc51)c1cc(C(C)(C)C)ccc41)-c1ccc(C#C/C(CO[Si](C)(C)C(C)(C)C)=C(/C#C[Si](C)(C)C)CO[Si](C)(C)C(C)(C)C)cc1-3. The zero-order valence-corrected chi connectivity index (χ0v) is 54.8. The molecule has 13 heteroatoms. The van der Waals surface area contributed by atoms with Crippen molar-refractivity contribution < 1.29 is 8.85 Å². The molecule has 10 nitrogen and oxygen atoms in total. The van der Waals surface area contributed by atoms with Gasteiger partial charge in [0.15, 0.2) is 39.9 Å². The van der Waals surface area contributed by atoms with Gasteiger partial charge in [0.05, 0.1) is 13.2 Å². The first-order chi connectivity index (χ1) is 36.9. The van der Waals surface area contributed by atoms with Crippen molar-refractivity contribution in [3.05, 3.63) is 106 Å². The van der Waals surface area contributed by atoms with Crippen LogP contribution < -0.4 is 0 Å². The van der Waals surface area contributed by atoms with Gasteiger partial charge in [-0.05, 0) is 106 Å². The van der Waals surface area contributed by atoms with Crippen LogP contribution in [0.15, 0.2) is 83.9 Å². The van der Waals surface area contributed by atoms with Crippen molar-refractivity contribution in [2.75, 3.05) is 13.2 Å². The van der Waals surface area contributed by atoms with Crippen LogP contribution in [0.25, 0.3) is 89.7 Å². The third-order valence-electron chi connectivity index (χ3n) is 16.5. The number of aromatic nitrogens is 8. The van der Waals surface area contributed by atoms with Crippen LogP contribution in [0.5, 0.6) is 0 Å². The van der Waals surface area contributed by atoms with Gasteiger partial charge in [0, 0.05) is 60.5 Å². The van der Waals surface area contributed by atoms with E-state index in [4.69, 9.17) is 38.8 Å². The molecular weight excluding hydrogens is 1030 g/mol. The molecule has 416 valence electrons. The van der Waals surface area contributed by atoms with E-state index >= 15 is 0 Å². The summed E-state index contributed by atoms with van der Waals surface area (Å²) in [5, 5.41) is 3.83. The molecule has 0 saturated heterocycles. The molecule has 0 amide bonds. The van der Waals surface area contributed by atoms with Crippen molar-refractivity contribution in [1.29, 1.82) is 0 Å². The summed E-state index contributed by atoms with van der Waals surface area (Å²) in [5.74, 6) is 13.0. The minimum absolute atomic E-state index is 0.00139. The highest BCUT2D eigenvalue weighted by atomic mass is 28.4. The third-order valence-corrected chi connectivity index (χ3v) is 26.3. The number of benzene rings is 4. The quantitative estimate of drug-likeness (QED) is 0.124. The zero-order chi connectivity index (χ0) is 58.5. The Morgan fingerprint density at radius 3 is 1.21 bits per heavy atom. The van der Waals surface area contributed by atoms with Crippen LogP contribution in [0.4, 0.5) is 0 Å². The largest absolute Gasteiger partial charge is 0.412 e. The molecule has 80 heavy (non-hydrogen) atoms. The number of nitrogens with zero attached hydrogens (tertiary/aromatic N) is 6. The maximum atomic E-state index is 6.98. The normalized spacial score (nSPS) is 13.8. The smallest absolute Gasteiger partial charge is 0.192 e. The number of aromatic amines is 2. The van der Waals surface area contributed by atoms with Crippen LogP contribution >= 0.6 is 0 Å². The number of rotatable bonds is 6. The molecule has 2 aliphatic heterocycles. The first kappa shape index (κ1) is 58.3. The molecule has 9 rings (SSSR count). The average molecular weight is 1120 g/mol. The van der Waals surface area contributed by atoms with Gasteiger partial charge < -0.3 is 18.8 Å². The lowest BCUT2D eigenvalue weighted by Crippen LogP contribution is -2.42. The van der Waals surface area contributed by atoms with Gasteiger partial charge >= 0.3 is 0 Å². The van der Waals surface area contributed by atoms with E-state index in [-0.39, 0.29) is 26.3 Å². The maximum Gasteiger partial charge on any atom is 0.192 e. The highest BCUT2D eigenvalue weighted by Crippen LogP contribution is 2.42. The van der Waals surface area contributed by atoms with Crippen LogP contribution in [0.2, 0.25) is 55.9 Å². The molecular formula is C67H84N8O2Si3. The van der Waals surface area contributed by atoms with Gasteiger partial charge in [-0.3, -0.25) is 0 Å². The first-order valence-electron chi connectivity index (χ1n) is 28.3. The fraction of sp³-hybridized carbons (Fsp3) is 0.433. The molecule has 4 aromatic carbocycles. The molecule has 7 aromatic rings. The second kappa shape index (κ2) is 20.3. The molecule has 0 fully saturated rings.